The quantitative estimate of drug-likeness (QED) is 0.327. The molecule has 0 bridgehead atoms. The van der Waals surface area contributed by atoms with Crippen molar-refractivity contribution in [3.8, 4) is 0 Å². The van der Waals surface area contributed by atoms with Crippen molar-refractivity contribution in [3.63, 3.8) is 0 Å². The summed E-state index contributed by atoms with van der Waals surface area (Å²) >= 11 is 12.1. The van der Waals surface area contributed by atoms with Gasteiger partial charge >= 0.3 is 5.97 Å². The minimum atomic E-state index is -1.14. The average Bonchev–Trinajstić information content (AvgIpc) is 2.82. The van der Waals surface area contributed by atoms with Crippen molar-refractivity contribution in [3.05, 3.63) is 99.3 Å². The Bertz CT molecular complexity index is 1070. The second kappa shape index (κ2) is 13.1. The number of unbranched alkanes of at least 4 members (excludes halogenated alkanes) is 1. The molecule has 6 nitrogen and oxygen atoms in total. The summed E-state index contributed by atoms with van der Waals surface area (Å²) in [6, 6.07) is 16.9. The van der Waals surface area contributed by atoms with Gasteiger partial charge in [0.1, 0.15) is 6.04 Å². The molecule has 3 rings (SSSR count). The number of ether oxygens (including phenoxy) is 1. The van der Waals surface area contributed by atoms with Gasteiger partial charge in [-0.1, -0.05) is 59.6 Å². The first-order chi connectivity index (χ1) is 16.4. The summed E-state index contributed by atoms with van der Waals surface area (Å²) in [7, 11) is 0. The molecule has 8 heteroatoms. The summed E-state index contributed by atoms with van der Waals surface area (Å²) in [5.41, 5.74) is 2.91. The van der Waals surface area contributed by atoms with E-state index < -0.39 is 17.9 Å². The number of nitrogens with zero attached hydrogens (tertiary/aromatic N) is 1. The lowest BCUT2D eigenvalue weighted by Crippen LogP contribution is -2.42. The Morgan fingerprint density at radius 2 is 1.65 bits per heavy atom. The Hall–Kier alpha value is -2.93. The van der Waals surface area contributed by atoms with E-state index in [4.69, 9.17) is 27.9 Å². The standard InChI is InChI=1S/C26H26Cl2N2O4/c27-21-8-5-9-22(28)24(21)25(31)30-23(26(32)33)16-18-10-12-19(13-11-18)17-34-15-4-2-7-20-6-1-3-14-29-20/h1,3,5-6,8-14,23H,2,4,7,15-17H2,(H,30,31)(H,32,33). The number of carbonyl (C=O) groups is 2. The molecule has 1 amide bonds. The topological polar surface area (TPSA) is 88.5 Å². The minimum absolute atomic E-state index is 0.0598. The van der Waals surface area contributed by atoms with Crippen LogP contribution in [0.25, 0.3) is 0 Å². The number of nitrogens with one attached hydrogen (secondary N) is 1. The van der Waals surface area contributed by atoms with Gasteiger partial charge in [0.15, 0.2) is 0 Å². The molecule has 1 aromatic heterocycles. The molecular weight excluding hydrogens is 475 g/mol. The first-order valence-electron chi connectivity index (χ1n) is 11.0. The predicted octanol–water partition coefficient (Wildman–Crippen LogP) is 5.35. The number of carboxylic acid groups (broad SMARTS) is 1. The van der Waals surface area contributed by atoms with E-state index in [0.29, 0.717) is 13.2 Å². The molecule has 0 saturated carbocycles. The molecule has 2 aromatic carbocycles. The van der Waals surface area contributed by atoms with Crippen LogP contribution in [0, 0.1) is 0 Å². The van der Waals surface area contributed by atoms with Crippen LogP contribution in [0.15, 0.2) is 66.9 Å². The van der Waals surface area contributed by atoms with E-state index in [1.807, 2.05) is 42.5 Å². The third kappa shape index (κ3) is 7.83. The molecule has 0 aliphatic heterocycles. The smallest absolute Gasteiger partial charge is 0.326 e. The number of amides is 1. The van der Waals surface area contributed by atoms with Crippen molar-refractivity contribution in [1.29, 1.82) is 0 Å². The highest BCUT2D eigenvalue weighted by Gasteiger charge is 2.23. The largest absolute Gasteiger partial charge is 0.480 e. The lowest BCUT2D eigenvalue weighted by Gasteiger charge is -2.16. The third-order valence-corrected chi connectivity index (χ3v) is 5.85. The van der Waals surface area contributed by atoms with Crippen LogP contribution in [0.2, 0.25) is 10.0 Å². The maximum absolute atomic E-state index is 12.6. The summed E-state index contributed by atoms with van der Waals surface area (Å²) in [6.07, 6.45) is 4.82. The summed E-state index contributed by atoms with van der Waals surface area (Å²) in [4.78, 5) is 28.6. The number of aromatic nitrogens is 1. The average molecular weight is 501 g/mol. The highest BCUT2D eigenvalue weighted by molar-refractivity contribution is 6.39. The predicted molar refractivity (Wildman–Crippen MR) is 132 cm³/mol. The van der Waals surface area contributed by atoms with Gasteiger partial charge in [-0.15, -0.1) is 0 Å². The van der Waals surface area contributed by atoms with Crippen molar-refractivity contribution in [1.82, 2.24) is 10.3 Å². The number of carbonyl (C=O) groups excluding carboxylic acids is 1. The van der Waals surface area contributed by atoms with Crippen LogP contribution in [0.5, 0.6) is 0 Å². The zero-order chi connectivity index (χ0) is 24.3. The molecule has 0 fully saturated rings. The minimum Gasteiger partial charge on any atom is -0.480 e. The van der Waals surface area contributed by atoms with Crippen molar-refractivity contribution in [2.75, 3.05) is 6.61 Å². The fourth-order valence-electron chi connectivity index (χ4n) is 3.40. The van der Waals surface area contributed by atoms with E-state index in [0.717, 1.165) is 36.1 Å². The molecule has 1 unspecified atom stereocenters. The lowest BCUT2D eigenvalue weighted by molar-refractivity contribution is -0.139. The fraction of sp³-hybridized carbons (Fsp3) is 0.269. The van der Waals surface area contributed by atoms with E-state index in [-0.39, 0.29) is 22.0 Å². The Morgan fingerprint density at radius 1 is 0.941 bits per heavy atom. The number of hydrogen-bond donors (Lipinski definition) is 2. The van der Waals surface area contributed by atoms with Crippen LogP contribution in [-0.2, 0) is 29.0 Å². The van der Waals surface area contributed by atoms with Gasteiger partial charge in [0.2, 0.25) is 0 Å². The van der Waals surface area contributed by atoms with E-state index in [1.165, 1.54) is 12.1 Å². The number of benzene rings is 2. The number of rotatable bonds is 12. The summed E-state index contributed by atoms with van der Waals surface area (Å²) in [6.45, 7) is 1.14. The van der Waals surface area contributed by atoms with Crippen molar-refractivity contribution in [2.45, 2.75) is 38.3 Å². The van der Waals surface area contributed by atoms with Gasteiger partial charge in [-0.25, -0.2) is 4.79 Å². The number of pyridine rings is 1. The Morgan fingerprint density at radius 3 is 2.29 bits per heavy atom. The number of hydrogen-bond acceptors (Lipinski definition) is 4. The molecule has 178 valence electrons. The number of halogens is 2. The molecule has 0 aliphatic carbocycles. The Balaban J connectivity index is 1.45. The highest BCUT2D eigenvalue weighted by Crippen LogP contribution is 2.24. The van der Waals surface area contributed by atoms with Crippen molar-refractivity contribution in [2.24, 2.45) is 0 Å². The molecule has 34 heavy (non-hydrogen) atoms. The van der Waals surface area contributed by atoms with Gasteiger partial charge in [-0.3, -0.25) is 9.78 Å². The molecule has 0 aliphatic rings. The third-order valence-electron chi connectivity index (χ3n) is 5.22. The molecule has 0 spiro atoms. The van der Waals surface area contributed by atoms with E-state index in [9.17, 15) is 14.7 Å². The fourth-order valence-corrected chi connectivity index (χ4v) is 3.97. The van der Waals surface area contributed by atoms with Crippen molar-refractivity contribution >= 4 is 35.1 Å². The Labute approximate surface area is 208 Å². The number of aryl methyl sites for hydroxylation is 1. The maximum Gasteiger partial charge on any atom is 0.326 e. The molecule has 2 N–H and O–H groups in total. The van der Waals surface area contributed by atoms with Crippen LogP contribution in [-0.4, -0.2) is 34.6 Å². The second-order valence-corrected chi connectivity index (χ2v) is 8.63. The van der Waals surface area contributed by atoms with Gasteiger partial charge in [0.05, 0.1) is 22.2 Å². The van der Waals surface area contributed by atoms with E-state index >= 15 is 0 Å². The van der Waals surface area contributed by atoms with Gasteiger partial charge in [0.25, 0.3) is 5.91 Å². The Kier molecular flexibility index (Phi) is 9.89. The molecule has 0 saturated heterocycles. The highest BCUT2D eigenvalue weighted by atomic mass is 35.5. The zero-order valence-corrected chi connectivity index (χ0v) is 20.1. The van der Waals surface area contributed by atoms with Gasteiger partial charge in [0, 0.05) is 24.9 Å². The lowest BCUT2D eigenvalue weighted by atomic mass is 10.0. The van der Waals surface area contributed by atoms with Crippen LogP contribution in [0.4, 0.5) is 0 Å². The van der Waals surface area contributed by atoms with Gasteiger partial charge in [-0.2, -0.15) is 0 Å². The van der Waals surface area contributed by atoms with Gasteiger partial charge < -0.3 is 15.2 Å². The van der Waals surface area contributed by atoms with Crippen LogP contribution in [0.1, 0.15) is 40.0 Å². The van der Waals surface area contributed by atoms with Crippen LogP contribution >= 0.6 is 23.2 Å². The van der Waals surface area contributed by atoms with E-state index in [2.05, 4.69) is 10.3 Å². The molecule has 0 radical (unpaired) electrons. The molecule has 1 atom stereocenters. The van der Waals surface area contributed by atoms with Crippen LogP contribution in [0.3, 0.4) is 0 Å². The summed E-state index contributed by atoms with van der Waals surface area (Å²) in [5, 5.41) is 12.4. The number of carboxylic acids is 1. The molecule has 3 aromatic rings. The molecule has 1 heterocycles. The summed E-state index contributed by atoms with van der Waals surface area (Å²) < 4.78 is 5.74. The SMILES string of the molecule is O=C(NC(Cc1ccc(COCCCCc2ccccn2)cc1)C(=O)O)c1c(Cl)cccc1Cl. The maximum atomic E-state index is 12.6. The monoisotopic (exact) mass is 500 g/mol. The number of aliphatic carboxylic acids is 1. The van der Waals surface area contributed by atoms with E-state index in [1.54, 1.807) is 12.3 Å². The van der Waals surface area contributed by atoms with Gasteiger partial charge in [-0.05, 0) is 54.7 Å². The van der Waals surface area contributed by atoms with Crippen LogP contribution < -0.4 is 5.32 Å². The molecular formula is C26H26Cl2N2O4. The second-order valence-electron chi connectivity index (χ2n) is 7.81. The van der Waals surface area contributed by atoms with Crippen molar-refractivity contribution < 1.29 is 19.4 Å². The summed E-state index contributed by atoms with van der Waals surface area (Å²) in [5.74, 6) is -1.77. The normalized spacial score (nSPS) is 11.7. The first-order valence-corrected chi connectivity index (χ1v) is 11.7. The zero-order valence-electron chi connectivity index (χ0n) is 18.5. The first kappa shape index (κ1) is 25.7.